The molecule has 2 rings (SSSR count). The van der Waals surface area contributed by atoms with Gasteiger partial charge in [0.1, 0.15) is 0 Å². The van der Waals surface area contributed by atoms with Crippen LogP contribution < -0.4 is 11.2 Å². The van der Waals surface area contributed by atoms with E-state index in [0.717, 1.165) is 0 Å². The van der Waals surface area contributed by atoms with Crippen LogP contribution in [-0.4, -0.2) is 29.4 Å². The highest BCUT2D eigenvalue weighted by Crippen LogP contribution is 2.36. The van der Waals surface area contributed by atoms with Gasteiger partial charge in [-0.1, -0.05) is 6.07 Å². The van der Waals surface area contributed by atoms with E-state index in [4.69, 9.17) is 15.0 Å². The third-order valence-corrected chi connectivity index (χ3v) is 3.81. The van der Waals surface area contributed by atoms with Gasteiger partial charge < -0.3 is 20.1 Å². The van der Waals surface area contributed by atoms with E-state index in [-0.39, 0.29) is 5.56 Å². The van der Waals surface area contributed by atoms with E-state index < -0.39 is 24.3 Å². The molecule has 102 valence electrons. The Hall–Kier alpha value is -1.53. The molecule has 3 N–H and O–H groups in total. The molecule has 1 saturated heterocycles. The van der Waals surface area contributed by atoms with Crippen LogP contribution in [0.3, 0.4) is 0 Å². The molecule has 0 aliphatic carbocycles. The van der Waals surface area contributed by atoms with Gasteiger partial charge in [0.2, 0.25) is 0 Å². The van der Waals surface area contributed by atoms with E-state index in [1.807, 2.05) is 27.7 Å². The van der Waals surface area contributed by atoms with E-state index in [9.17, 15) is 9.90 Å². The number of carboxylic acid groups (broad SMARTS) is 1. The van der Waals surface area contributed by atoms with E-state index in [1.54, 1.807) is 12.1 Å². The van der Waals surface area contributed by atoms with E-state index in [2.05, 4.69) is 0 Å². The zero-order valence-corrected chi connectivity index (χ0v) is 11.6. The summed E-state index contributed by atoms with van der Waals surface area (Å²) in [5.41, 5.74) is 5.61. The quantitative estimate of drug-likeness (QED) is 0.620. The summed E-state index contributed by atoms with van der Waals surface area (Å²) in [7, 11) is -0.698. The van der Waals surface area contributed by atoms with Crippen LogP contribution in [0.25, 0.3) is 0 Å². The summed E-state index contributed by atoms with van der Waals surface area (Å²) in [6.07, 6.45) is 0. The van der Waals surface area contributed by atoms with Crippen molar-refractivity contribution in [2.75, 3.05) is 5.73 Å². The molecule has 0 atom stereocenters. The molecule has 5 nitrogen and oxygen atoms in total. The predicted molar refractivity (Wildman–Crippen MR) is 73.5 cm³/mol. The van der Waals surface area contributed by atoms with Crippen LogP contribution in [0, 0.1) is 0 Å². The number of aromatic carboxylic acids is 1. The molecule has 0 bridgehead atoms. The summed E-state index contributed by atoms with van der Waals surface area (Å²) in [5.74, 6) is -1.04. The normalized spacial score (nSPS) is 20.5. The van der Waals surface area contributed by atoms with Gasteiger partial charge in [0.05, 0.1) is 16.8 Å². The van der Waals surface area contributed by atoms with Gasteiger partial charge in [-0.2, -0.15) is 0 Å². The molecule has 0 aromatic heterocycles. The fourth-order valence-corrected chi connectivity index (χ4v) is 1.93. The van der Waals surface area contributed by atoms with Gasteiger partial charge in [0.25, 0.3) is 0 Å². The summed E-state index contributed by atoms with van der Waals surface area (Å²) in [4.78, 5) is 11.3. The van der Waals surface area contributed by atoms with Gasteiger partial charge in [-0.05, 0) is 45.3 Å². The van der Waals surface area contributed by atoms with Gasteiger partial charge in [-0.15, -0.1) is 0 Å². The third kappa shape index (κ3) is 2.33. The van der Waals surface area contributed by atoms with Gasteiger partial charge in [0.15, 0.2) is 0 Å². The zero-order chi connectivity index (χ0) is 14.4. The minimum atomic E-state index is -1.04. The highest BCUT2D eigenvalue weighted by atomic mass is 16.7. The number of carbonyl (C=O) groups is 1. The topological polar surface area (TPSA) is 81.8 Å². The Morgan fingerprint density at radius 3 is 2.21 bits per heavy atom. The Kier molecular flexibility index (Phi) is 3.11. The number of carboxylic acids is 1. The fourth-order valence-electron chi connectivity index (χ4n) is 1.93. The van der Waals surface area contributed by atoms with E-state index in [0.29, 0.717) is 11.2 Å². The molecule has 1 aliphatic heterocycles. The van der Waals surface area contributed by atoms with Crippen molar-refractivity contribution >= 4 is 24.2 Å². The summed E-state index contributed by atoms with van der Waals surface area (Å²) < 4.78 is 11.7. The molecule has 0 radical (unpaired) electrons. The maximum absolute atomic E-state index is 11.3. The highest BCUT2D eigenvalue weighted by Gasteiger charge is 2.52. The highest BCUT2D eigenvalue weighted by molar-refractivity contribution is 6.63. The van der Waals surface area contributed by atoms with Crippen molar-refractivity contribution in [2.45, 2.75) is 38.9 Å². The van der Waals surface area contributed by atoms with E-state index in [1.165, 1.54) is 6.07 Å². The monoisotopic (exact) mass is 263 g/mol. The lowest BCUT2D eigenvalue weighted by molar-refractivity contribution is 0.00578. The van der Waals surface area contributed by atoms with Crippen LogP contribution >= 0.6 is 0 Å². The molecule has 19 heavy (non-hydrogen) atoms. The van der Waals surface area contributed by atoms with Crippen molar-refractivity contribution in [3.63, 3.8) is 0 Å². The third-order valence-electron chi connectivity index (χ3n) is 3.81. The number of anilines is 1. The second-order valence-corrected chi connectivity index (χ2v) is 5.74. The maximum atomic E-state index is 11.3. The number of nitrogens with two attached hydrogens (primary N) is 1. The minimum absolute atomic E-state index is 0.110. The molecular weight excluding hydrogens is 245 g/mol. The van der Waals surface area contributed by atoms with Crippen molar-refractivity contribution in [3.8, 4) is 0 Å². The molecule has 6 heteroatoms. The van der Waals surface area contributed by atoms with Crippen LogP contribution in [0.5, 0.6) is 0 Å². The first kappa shape index (κ1) is 13.9. The lowest BCUT2D eigenvalue weighted by atomic mass is 9.76. The Balaban J connectivity index is 2.42. The lowest BCUT2D eigenvalue weighted by Gasteiger charge is -2.32. The summed E-state index contributed by atoms with van der Waals surface area (Å²) >= 11 is 0. The Labute approximate surface area is 112 Å². The number of hydrogen-bond donors (Lipinski definition) is 2. The van der Waals surface area contributed by atoms with Gasteiger partial charge in [-0.3, -0.25) is 0 Å². The minimum Gasteiger partial charge on any atom is -0.478 e. The average Bonchev–Trinajstić information content (AvgIpc) is 2.47. The second-order valence-electron chi connectivity index (χ2n) is 5.74. The number of hydrogen-bond acceptors (Lipinski definition) is 4. The maximum Gasteiger partial charge on any atom is 0.495 e. The van der Waals surface area contributed by atoms with Crippen LogP contribution in [0.1, 0.15) is 38.1 Å². The van der Waals surface area contributed by atoms with Crippen LogP contribution in [0.2, 0.25) is 0 Å². The molecule has 0 saturated carbocycles. The largest absolute Gasteiger partial charge is 0.495 e. The van der Waals surface area contributed by atoms with Crippen molar-refractivity contribution in [1.82, 2.24) is 0 Å². The standard InChI is InChI=1S/C13H18BNO4/c1-12(2)13(3,4)19-14(18-12)10-6-5-8(15)7-9(10)11(16)17/h5-7H,15H2,1-4H3,(H,16,17). The Bertz CT molecular complexity index is 511. The first-order valence-electron chi connectivity index (χ1n) is 6.12. The summed E-state index contributed by atoms with van der Waals surface area (Å²) in [6.45, 7) is 7.69. The summed E-state index contributed by atoms with van der Waals surface area (Å²) in [6, 6.07) is 4.70. The lowest BCUT2D eigenvalue weighted by Crippen LogP contribution is -2.41. The molecule has 1 heterocycles. The van der Waals surface area contributed by atoms with Crippen molar-refractivity contribution in [1.29, 1.82) is 0 Å². The fraction of sp³-hybridized carbons (Fsp3) is 0.462. The van der Waals surface area contributed by atoms with Gasteiger partial charge in [-0.25, -0.2) is 4.79 Å². The molecule has 1 aromatic carbocycles. The SMILES string of the molecule is CC1(C)OB(c2ccc(N)cc2C(=O)O)OC1(C)C. The Morgan fingerprint density at radius 2 is 1.74 bits per heavy atom. The van der Waals surface area contributed by atoms with Gasteiger partial charge in [0, 0.05) is 5.69 Å². The predicted octanol–water partition coefficient (Wildman–Crippen LogP) is 1.27. The van der Waals surface area contributed by atoms with Crippen molar-refractivity contribution in [2.24, 2.45) is 0 Å². The first-order chi connectivity index (χ1) is 8.64. The Morgan fingerprint density at radius 1 is 1.21 bits per heavy atom. The number of nitrogen functional groups attached to an aromatic ring is 1. The first-order valence-corrected chi connectivity index (χ1v) is 6.12. The van der Waals surface area contributed by atoms with Crippen LogP contribution in [0.4, 0.5) is 5.69 Å². The molecule has 1 aromatic rings. The molecule has 1 aliphatic rings. The smallest absolute Gasteiger partial charge is 0.478 e. The molecule has 0 amide bonds. The van der Waals surface area contributed by atoms with E-state index >= 15 is 0 Å². The summed E-state index contributed by atoms with van der Waals surface area (Å²) in [5, 5.41) is 9.24. The van der Waals surface area contributed by atoms with Crippen LogP contribution in [-0.2, 0) is 9.31 Å². The molecule has 0 unspecified atom stereocenters. The van der Waals surface area contributed by atoms with Crippen molar-refractivity contribution < 1.29 is 19.2 Å². The second kappa shape index (κ2) is 4.25. The van der Waals surface area contributed by atoms with Crippen molar-refractivity contribution in [3.05, 3.63) is 23.8 Å². The number of rotatable bonds is 2. The number of benzene rings is 1. The average molecular weight is 263 g/mol. The molecule has 0 spiro atoms. The zero-order valence-electron chi connectivity index (χ0n) is 11.6. The van der Waals surface area contributed by atoms with Gasteiger partial charge >= 0.3 is 13.1 Å². The molecular formula is C13H18BNO4. The van der Waals surface area contributed by atoms with Crippen LogP contribution in [0.15, 0.2) is 18.2 Å². The molecule has 1 fully saturated rings.